The first kappa shape index (κ1) is 18.8. The van der Waals surface area contributed by atoms with Gasteiger partial charge in [0.25, 0.3) is 0 Å². The molecular formula is C21H33NO3. The number of nitrogens with zero attached hydrogens (tertiary/aromatic N) is 1. The minimum Gasteiger partial charge on any atom is -0.349 e. The lowest BCUT2D eigenvalue weighted by Crippen LogP contribution is -2.67. The first-order chi connectivity index (χ1) is 11.6. The molecule has 1 aromatic carbocycles. The molecule has 0 saturated carbocycles. The van der Waals surface area contributed by atoms with E-state index in [0.717, 1.165) is 26.1 Å². The van der Waals surface area contributed by atoms with Crippen LogP contribution in [0.15, 0.2) is 30.3 Å². The monoisotopic (exact) mass is 347 g/mol. The Labute approximate surface area is 152 Å². The van der Waals surface area contributed by atoms with Crippen LogP contribution in [-0.2, 0) is 14.3 Å². The van der Waals surface area contributed by atoms with Gasteiger partial charge in [-0.3, -0.25) is 4.84 Å². The molecule has 4 heteroatoms. The number of ether oxygens (including phenoxy) is 2. The normalized spacial score (nSPS) is 27.3. The summed E-state index contributed by atoms with van der Waals surface area (Å²) in [6, 6.07) is 10.4. The predicted octanol–water partition coefficient (Wildman–Crippen LogP) is 4.71. The highest BCUT2D eigenvalue weighted by Crippen LogP contribution is 2.48. The third kappa shape index (κ3) is 3.92. The summed E-state index contributed by atoms with van der Waals surface area (Å²) in [7, 11) is 0. The standard InChI is InChI=1S/C21H33NO3/c1-16-12-23-21(24-13-16)14-19(3,4)22(20(5,6)15-21)25-17(2)18-10-8-7-9-11-18/h7-11,16-17H,12-15H2,1-6H3. The predicted molar refractivity (Wildman–Crippen MR) is 99.0 cm³/mol. The molecule has 2 aliphatic rings. The van der Waals surface area contributed by atoms with E-state index >= 15 is 0 Å². The maximum Gasteiger partial charge on any atom is 0.171 e. The van der Waals surface area contributed by atoms with Crippen molar-refractivity contribution in [3.63, 3.8) is 0 Å². The molecule has 4 nitrogen and oxygen atoms in total. The first-order valence-corrected chi connectivity index (χ1v) is 9.44. The van der Waals surface area contributed by atoms with Gasteiger partial charge in [0, 0.05) is 29.8 Å². The van der Waals surface area contributed by atoms with Gasteiger partial charge in [0.05, 0.1) is 13.2 Å². The molecule has 0 N–H and O–H groups in total. The number of piperidine rings is 1. The summed E-state index contributed by atoms with van der Waals surface area (Å²) in [6.07, 6.45) is 1.61. The van der Waals surface area contributed by atoms with Crippen LogP contribution >= 0.6 is 0 Å². The van der Waals surface area contributed by atoms with E-state index in [1.165, 1.54) is 5.56 Å². The number of hydroxylamine groups is 2. The lowest BCUT2D eigenvalue weighted by molar-refractivity contribution is -0.381. The van der Waals surface area contributed by atoms with Crippen LogP contribution in [0.1, 0.15) is 66.1 Å². The van der Waals surface area contributed by atoms with Gasteiger partial charge in [-0.15, -0.1) is 0 Å². The molecule has 1 spiro atoms. The van der Waals surface area contributed by atoms with Crippen molar-refractivity contribution in [2.45, 2.75) is 77.4 Å². The second-order valence-corrected chi connectivity index (χ2v) is 9.07. The van der Waals surface area contributed by atoms with Crippen molar-refractivity contribution in [1.29, 1.82) is 0 Å². The van der Waals surface area contributed by atoms with Crippen LogP contribution in [0.2, 0.25) is 0 Å². The van der Waals surface area contributed by atoms with Gasteiger partial charge in [0.15, 0.2) is 5.79 Å². The van der Waals surface area contributed by atoms with Gasteiger partial charge in [-0.2, -0.15) is 5.06 Å². The zero-order valence-electron chi connectivity index (χ0n) is 16.5. The van der Waals surface area contributed by atoms with Crippen molar-refractivity contribution in [2.24, 2.45) is 5.92 Å². The van der Waals surface area contributed by atoms with Gasteiger partial charge in [0.2, 0.25) is 0 Å². The Kier molecular flexibility index (Phi) is 5.02. The van der Waals surface area contributed by atoms with Crippen molar-refractivity contribution in [1.82, 2.24) is 5.06 Å². The first-order valence-electron chi connectivity index (χ1n) is 9.44. The van der Waals surface area contributed by atoms with Gasteiger partial charge in [-0.05, 0) is 40.2 Å². The minimum absolute atomic E-state index is 0.00187. The molecule has 3 rings (SSSR count). The fraction of sp³-hybridized carbons (Fsp3) is 0.714. The average Bonchev–Trinajstić information content (AvgIpc) is 2.54. The zero-order valence-corrected chi connectivity index (χ0v) is 16.5. The molecule has 25 heavy (non-hydrogen) atoms. The third-order valence-electron chi connectivity index (χ3n) is 5.30. The molecular weight excluding hydrogens is 314 g/mol. The van der Waals surface area contributed by atoms with Crippen LogP contribution in [0.25, 0.3) is 0 Å². The summed E-state index contributed by atoms with van der Waals surface area (Å²) in [5.41, 5.74) is 0.810. The number of rotatable bonds is 3. The molecule has 0 bridgehead atoms. The Morgan fingerprint density at radius 2 is 1.52 bits per heavy atom. The van der Waals surface area contributed by atoms with E-state index in [2.05, 4.69) is 70.9 Å². The Morgan fingerprint density at radius 1 is 1.00 bits per heavy atom. The molecule has 1 aromatic rings. The summed E-state index contributed by atoms with van der Waals surface area (Å²) >= 11 is 0. The highest BCUT2D eigenvalue weighted by Gasteiger charge is 2.56. The molecule has 0 aromatic heterocycles. The highest BCUT2D eigenvalue weighted by molar-refractivity contribution is 5.17. The van der Waals surface area contributed by atoms with Crippen molar-refractivity contribution in [3.05, 3.63) is 35.9 Å². The fourth-order valence-electron chi connectivity index (χ4n) is 4.45. The summed E-state index contributed by atoms with van der Waals surface area (Å²) in [5.74, 6) is -0.0285. The van der Waals surface area contributed by atoms with Gasteiger partial charge in [0.1, 0.15) is 6.10 Å². The molecule has 1 atom stereocenters. The van der Waals surface area contributed by atoms with Crippen LogP contribution < -0.4 is 0 Å². The smallest absolute Gasteiger partial charge is 0.171 e. The number of hydrogen-bond donors (Lipinski definition) is 0. The van der Waals surface area contributed by atoms with Crippen LogP contribution in [0.5, 0.6) is 0 Å². The Morgan fingerprint density at radius 3 is 2.04 bits per heavy atom. The maximum atomic E-state index is 6.49. The largest absolute Gasteiger partial charge is 0.349 e. The van der Waals surface area contributed by atoms with E-state index in [4.69, 9.17) is 14.3 Å². The van der Waals surface area contributed by atoms with Crippen LogP contribution in [0.4, 0.5) is 0 Å². The molecule has 2 heterocycles. The fourth-order valence-corrected chi connectivity index (χ4v) is 4.45. The van der Waals surface area contributed by atoms with Crippen LogP contribution in [0, 0.1) is 5.92 Å². The molecule has 0 aliphatic carbocycles. The molecule has 2 aliphatic heterocycles. The third-order valence-corrected chi connectivity index (χ3v) is 5.30. The van der Waals surface area contributed by atoms with E-state index in [0.29, 0.717) is 5.92 Å². The molecule has 0 amide bonds. The maximum absolute atomic E-state index is 6.49. The summed E-state index contributed by atoms with van der Waals surface area (Å²) in [6.45, 7) is 14.7. The molecule has 2 fully saturated rings. The SMILES string of the molecule is CC1COC2(CC(C)(C)N(OC(C)c3ccccc3)C(C)(C)C2)OC1. The van der Waals surface area contributed by atoms with Crippen molar-refractivity contribution in [3.8, 4) is 0 Å². The lowest BCUT2D eigenvalue weighted by atomic mass is 9.77. The topological polar surface area (TPSA) is 30.9 Å². The van der Waals surface area contributed by atoms with Crippen molar-refractivity contribution in [2.75, 3.05) is 13.2 Å². The van der Waals surface area contributed by atoms with E-state index in [9.17, 15) is 0 Å². The molecule has 140 valence electrons. The van der Waals surface area contributed by atoms with E-state index in [1.807, 2.05) is 6.07 Å². The Bertz CT molecular complexity index is 556. The minimum atomic E-state index is -0.491. The Hall–Kier alpha value is -0.940. The van der Waals surface area contributed by atoms with E-state index in [1.54, 1.807) is 0 Å². The van der Waals surface area contributed by atoms with Gasteiger partial charge >= 0.3 is 0 Å². The Balaban J connectivity index is 1.79. The second kappa shape index (κ2) is 6.66. The van der Waals surface area contributed by atoms with Crippen molar-refractivity contribution >= 4 is 0 Å². The number of benzene rings is 1. The summed E-state index contributed by atoms with van der Waals surface area (Å²) < 4.78 is 12.4. The van der Waals surface area contributed by atoms with Gasteiger partial charge in [-0.25, -0.2) is 0 Å². The average molecular weight is 347 g/mol. The summed E-state index contributed by atoms with van der Waals surface area (Å²) in [5, 5.41) is 2.17. The van der Waals surface area contributed by atoms with Gasteiger partial charge in [-0.1, -0.05) is 37.3 Å². The van der Waals surface area contributed by atoms with Crippen LogP contribution in [0.3, 0.4) is 0 Å². The molecule has 0 radical (unpaired) electrons. The lowest BCUT2D eigenvalue weighted by Gasteiger charge is -2.59. The highest BCUT2D eigenvalue weighted by atomic mass is 16.7. The van der Waals surface area contributed by atoms with Gasteiger partial charge < -0.3 is 9.47 Å². The zero-order chi connectivity index (χ0) is 18.3. The second-order valence-electron chi connectivity index (χ2n) is 9.07. The van der Waals surface area contributed by atoms with E-state index < -0.39 is 5.79 Å². The quantitative estimate of drug-likeness (QED) is 0.792. The molecule has 1 unspecified atom stereocenters. The van der Waals surface area contributed by atoms with E-state index in [-0.39, 0.29) is 17.2 Å². The van der Waals surface area contributed by atoms with Crippen LogP contribution in [-0.4, -0.2) is 35.1 Å². The molecule has 2 saturated heterocycles. The van der Waals surface area contributed by atoms with Crippen molar-refractivity contribution < 1.29 is 14.3 Å². The summed E-state index contributed by atoms with van der Waals surface area (Å²) in [4.78, 5) is 6.49. The number of hydrogen-bond acceptors (Lipinski definition) is 4.